The van der Waals surface area contributed by atoms with Crippen LogP contribution < -0.4 is 0 Å². The van der Waals surface area contributed by atoms with Crippen molar-refractivity contribution in [3.8, 4) is 103 Å². The zero-order valence-electron chi connectivity index (χ0n) is 77.5. The molecule has 0 spiro atoms. The molecule has 0 atom stereocenters. The molecule has 15 heteroatoms. The summed E-state index contributed by atoms with van der Waals surface area (Å²) in [4.78, 5) is 47.3. The summed E-state index contributed by atoms with van der Waals surface area (Å²) in [7, 11) is 0. The molecular weight excluding hydrogens is 1760 g/mol. The van der Waals surface area contributed by atoms with Crippen LogP contribution in [0.5, 0.6) is 0 Å². The fraction of sp³-hybridized carbons (Fsp3) is 0. The highest BCUT2D eigenvalue weighted by molar-refractivity contribution is 6.15. The molecular formula is C129H81N15. The highest BCUT2D eigenvalue weighted by Crippen LogP contribution is 2.44. The van der Waals surface area contributed by atoms with Crippen LogP contribution in [0.15, 0.2) is 491 Å². The fourth-order valence-electron chi connectivity index (χ4n) is 21.6. The number of rotatable bonds is 12. The van der Waals surface area contributed by atoms with E-state index in [0.717, 1.165) is 175 Å². The minimum Gasteiger partial charge on any atom is -0.278 e. The molecule has 0 radical (unpaired) electrons. The summed E-state index contributed by atoms with van der Waals surface area (Å²) >= 11 is 0. The van der Waals surface area contributed by atoms with Gasteiger partial charge in [0, 0.05) is 81.3 Å². The van der Waals surface area contributed by atoms with E-state index in [1.54, 1.807) is 0 Å². The second-order valence-electron chi connectivity index (χ2n) is 36.4. The topological polar surface area (TPSA) is 146 Å². The third-order valence-electron chi connectivity index (χ3n) is 28.2. The zero-order chi connectivity index (χ0) is 94.8. The minimum atomic E-state index is 0.574. The number of fused-ring (bicyclic) bond motifs is 21. The molecule has 15 nitrogen and oxygen atoms in total. The first-order chi connectivity index (χ1) is 71.4. The van der Waals surface area contributed by atoms with E-state index in [-0.39, 0.29) is 0 Å². The Kier molecular flexibility index (Phi) is 19.6. The smallest absolute Gasteiger partial charge is 0.240 e. The van der Waals surface area contributed by atoms with Gasteiger partial charge in [0.1, 0.15) is 0 Å². The first kappa shape index (κ1) is 82.5. The Bertz CT molecular complexity index is 9710. The van der Waals surface area contributed by atoms with Gasteiger partial charge in [-0.05, 0) is 169 Å². The van der Waals surface area contributed by atoms with Gasteiger partial charge in [0.25, 0.3) is 0 Å². The summed E-state index contributed by atoms with van der Waals surface area (Å²) in [6.45, 7) is 0. The van der Waals surface area contributed by atoms with Gasteiger partial charge in [-0.1, -0.05) is 388 Å². The summed E-state index contributed by atoms with van der Waals surface area (Å²) < 4.78 is 13.0. The molecule has 9 aromatic heterocycles. The van der Waals surface area contributed by atoms with Gasteiger partial charge in [0.15, 0.2) is 17.5 Å². The maximum absolute atomic E-state index is 5.30. The Morgan fingerprint density at radius 1 is 0.111 bits per heavy atom. The van der Waals surface area contributed by atoms with Crippen LogP contribution >= 0.6 is 0 Å². The normalized spacial score (nSPS) is 11.8. The number of benzene rings is 21. The quantitative estimate of drug-likeness (QED) is 0.117. The average molecular weight is 1840 g/mol. The molecule has 672 valence electrons. The maximum Gasteiger partial charge on any atom is 0.240 e. The number of para-hydroxylation sites is 12. The minimum absolute atomic E-state index is 0.574. The van der Waals surface area contributed by atoms with Gasteiger partial charge in [-0.25, -0.2) is 0 Å². The first-order valence-corrected chi connectivity index (χ1v) is 48.4. The van der Waals surface area contributed by atoms with E-state index in [2.05, 4.69) is 513 Å². The van der Waals surface area contributed by atoms with Gasteiger partial charge in [-0.2, -0.15) is 44.9 Å². The van der Waals surface area contributed by atoms with Crippen LogP contribution in [0, 0.1) is 0 Å². The lowest BCUT2D eigenvalue weighted by molar-refractivity contribution is 0.892. The molecule has 30 aromatic rings. The van der Waals surface area contributed by atoms with Gasteiger partial charge in [-0.15, -0.1) is 0 Å². The highest BCUT2D eigenvalue weighted by atomic mass is 15.3. The Hall–Kier alpha value is -19.8. The lowest BCUT2D eigenvalue weighted by Gasteiger charge is -2.15. The fourth-order valence-corrected chi connectivity index (χ4v) is 21.6. The van der Waals surface area contributed by atoms with Crippen LogP contribution in [0.4, 0.5) is 0 Å². The van der Waals surface area contributed by atoms with Gasteiger partial charge in [-0.3, -0.25) is 27.4 Å². The lowest BCUT2D eigenvalue weighted by atomic mass is 9.95. The van der Waals surface area contributed by atoms with Crippen LogP contribution in [-0.4, -0.2) is 72.3 Å². The first-order valence-electron chi connectivity index (χ1n) is 48.4. The molecule has 9 heterocycles. The van der Waals surface area contributed by atoms with Crippen LogP contribution in [0.1, 0.15) is 0 Å². The highest BCUT2D eigenvalue weighted by Gasteiger charge is 2.27. The summed E-state index contributed by atoms with van der Waals surface area (Å²) in [5.41, 5.74) is 22.4. The monoisotopic (exact) mass is 1840 g/mol. The van der Waals surface area contributed by atoms with Crippen molar-refractivity contribution in [2.75, 3.05) is 0 Å². The summed E-state index contributed by atoms with van der Waals surface area (Å²) in [6.07, 6.45) is 0. The summed E-state index contributed by atoms with van der Waals surface area (Å²) in [5.74, 6) is 5.30. The van der Waals surface area contributed by atoms with Crippen molar-refractivity contribution >= 4 is 163 Å². The molecule has 0 saturated heterocycles. The molecule has 30 rings (SSSR count). The molecule has 0 fully saturated rings. The third-order valence-corrected chi connectivity index (χ3v) is 28.2. The molecule has 0 unspecified atom stereocenters. The summed E-state index contributed by atoms with van der Waals surface area (Å²) in [6, 6.07) is 172. The summed E-state index contributed by atoms with van der Waals surface area (Å²) in [5, 5.41) is 20.9. The molecule has 0 saturated carbocycles. The zero-order valence-corrected chi connectivity index (χ0v) is 77.5. The van der Waals surface area contributed by atoms with Crippen LogP contribution in [-0.2, 0) is 0 Å². The molecule has 144 heavy (non-hydrogen) atoms. The number of hydrogen-bond donors (Lipinski definition) is 0. The van der Waals surface area contributed by atoms with Crippen LogP contribution in [0.25, 0.3) is 266 Å². The largest absolute Gasteiger partial charge is 0.278 e. The number of hydrogen-bond acceptors (Lipinski definition) is 9. The molecule has 0 bridgehead atoms. The Morgan fingerprint density at radius 3 is 0.639 bits per heavy atom. The van der Waals surface area contributed by atoms with Crippen molar-refractivity contribution in [1.29, 1.82) is 0 Å². The number of aromatic nitrogens is 15. The van der Waals surface area contributed by atoms with Gasteiger partial charge < -0.3 is 0 Å². The molecule has 21 aromatic carbocycles. The number of nitrogens with zero attached hydrogens (tertiary/aromatic N) is 15. The van der Waals surface area contributed by atoms with E-state index in [1.807, 2.05) is 6.07 Å². The second-order valence-corrected chi connectivity index (χ2v) is 36.4. The predicted molar refractivity (Wildman–Crippen MR) is 591 cm³/mol. The Morgan fingerprint density at radius 2 is 0.312 bits per heavy atom. The van der Waals surface area contributed by atoms with Gasteiger partial charge >= 0.3 is 0 Å². The van der Waals surface area contributed by atoms with Crippen LogP contribution in [0.2, 0.25) is 0 Å². The van der Waals surface area contributed by atoms with E-state index in [9.17, 15) is 0 Å². The van der Waals surface area contributed by atoms with E-state index in [0.29, 0.717) is 53.2 Å². The van der Waals surface area contributed by atoms with Gasteiger partial charge in [0.05, 0.1) is 66.2 Å². The second kappa shape index (κ2) is 34.1. The maximum atomic E-state index is 5.30. The molecule has 0 aliphatic carbocycles. The van der Waals surface area contributed by atoms with Crippen molar-refractivity contribution in [2.45, 2.75) is 0 Å². The van der Waals surface area contributed by atoms with E-state index in [4.69, 9.17) is 44.9 Å². The molecule has 0 aliphatic rings. The van der Waals surface area contributed by atoms with E-state index in [1.165, 1.54) is 38.4 Å². The van der Waals surface area contributed by atoms with E-state index >= 15 is 0 Å². The van der Waals surface area contributed by atoms with Crippen LogP contribution in [0.3, 0.4) is 0 Å². The van der Waals surface area contributed by atoms with Crippen molar-refractivity contribution in [3.63, 3.8) is 0 Å². The van der Waals surface area contributed by atoms with Crippen molar-refractivity contribution in [3.05, 3.63) is 491 Å². The SMILES string of the molecule is c1cc(-c2ccc3ccccc3c2)cc(-c2nc(-n3c4ccccc4c4ccccc43)nc(-n3c4ccccc4c4ccccc43)n2)c1.c1ccc(-c2ccc(-c3nc(-n4c5ccccc5c5ccccc54)nc(-n4c5ccccc5c5ccccc54)n3)c3ccccc23)cc1.c1ccc(-c2ccc3cc(-c4nc(-n5c6ccccc6c6ccccc65)nc(-n5c6ccccc6c6ccccc65)n4)ccc3c2)cc1. The average Bonchev–Trinajstić information content (AvgIpc) is 1.58. The van der Waals surface area contributed by atoms with E-state index < -0.39 is 0 Å². The Labute approximate surface area is 824 Å². The van der Waals surface area contributed by atoms with Gasteiger partial charge in [0.2, 0.25) is 35.7 Å². The standard InChI is InChI=1S/3C43H27N5/c1-2-13-29-26-31(25-24-28(29)12-1)30-14-11-15-32(27-30)41-44-42(47-37-20-7-3-16-33(37)34-17-4-8-21-38(34)47)46-43(45-41)48-39-22-9-5-18-35(39)36-19-6-10-23-40(36)48;1-2-12-28(13-3-1)29-22-23-31-27-32(25-24-30(31)26-29)41-44-42(47-37-18-8-4-14-33(37)34-15-5-9-19-38(34)47)46-43(45-41)48-39-20-10-6-16-35(39)36-17-7-11-21-40(36)48;1-2-14-28(15-3-1)29-26-27-36(31-17-5-4-16-30(29)31)41-44-42(47-37-22-10-6-18-32(37)33-19-7-11-23-38(33)47)46-43(45-41)48-39-24-12-8-20-34(39)35-21-9-13-25-40(35)48/h3*1-27H. The molecule has 0 amide bonds. The van der Waals surface area contributed by atoms with Crippen molar-refractivity contribution in [1.82, 2.24) is 72.3 Å². The molecule has 0 aliphatic heterocycles. The van der Waals surface area contributed by atoms with Crippen molar-refractivity contribution in [2.24, 2.45) is 0 Å². The van der Waals surface area contributed by atoms with Crippen molar-refractivity contribution < 1.29 is 0 Å². The molecule has 0 N–H and O–H groups in total. The lowest BCUT2D eigenvalue weighted by Crippen LogP contribution is -2.10. The Balaban J connectivity index is 0.000000105. The predicted octanol–water partition coefficient (Wildman–Crippen LogP) is 31.7. The third kappa shape index (κ3) is 13.8.